The Hall–Kier alpha value is -1.41. The van der Waals surface area contributed by atoms with Gasteiger partial charge in [-0.2, -0.15) is 0 Å². The summed E-state index contributed by atoms with van der Waals surface area (Å²) in [4.78, 5) is 12.7. The number of aliphatic hydroxyl groups is 1. The molecule has 1 aromatic carbocycles. The molecule has 0 aliphatic heterocycles. The lowest BCUT2D eigenvalue weighted by molar-refractivity contribution is -0.0214. The quantitative estimate of drug-likeness (QED) is 0.708. The largest absolute Gasteiger partial charge is 0.388 e. The molecule has 2 nitrogen and oxygen atoms in total. The number of rotatable bonds is 0. The lowest BCUT2D eigenvalue weighted by Gasteiger charge is -2.45. The number of hydrogen-bond acceptors (Lipinski definition) is 2. The lowest BCUT2D eigenvalue weighted by atomic mass is 9.59. The maximum Gasteiger partial charge on any atom is 0.167 e. The van der Waals surface area contributed by atoms with Crippen LogP contribution in [0.1, 0.15) is 35.4 Å². The number of allylic oxidation sites excluding steroid dienone is 2. The number of carbonyl (C=O) groups is 1. The van der Waals surface area contributed by atoms with Crippen LogP contribution in [0.2, 0.25) is 0 Å². The Morgan fingerprint density at radius 2 is 2.06 bits per heavy atom. The predicted molar refractivity (Wildman–Crippen MR) is 68.1 cm³/mol. The van der Waals surface area contributed by atoms with Gasteiger partial charge in [-0.3, -0.25) is 4.79 Å². The maximum atomic E-state index is 12.7. The molecule has 2 heteroatoms. The molecule has 92 valence electrons. The second-order valence-electron chi connectivity index (χ2n) is 6.09. The van der Waals surface area contributed by atoms with Gasteiger partial charge in [0.25, 0.3) is 0 Å². The van der Waals surface area contributed by atoms with Crippen molar-refractivity contribution in [1.82, 2.24) is 0 Å². The first-order valence-corrected chi connectivity index (χ1v) is 6.63. The van der Waals surface area contributed by atoms with Gasteiger partial charge < -0.3 is 5.11 Å². The van der Waals surface area contributed by atoms with E-state index in [0.717, 1.165) is 17.5 Å². The summed E-state index contributed by atoms with van der Waals surface area (Å²) in [5.41, 5.74) is 1.25. The molecule has 1 aromatic rings. The molecule has 4 rings (SSSR count). The molecule has 3 aliphatic carbocycles. The SMILES string of the molecule is C[C@]12C(O)c3ccccc3C(=O)[C@H]1[C@H]1C=C[C@@H]2C1. The number of hydrogen-bond donors (Lipinski definition) is 1. The number of Topliss-reactive ketones (excluding diaryl/α,β-unsaturated/α-hetero) is 1. The molecule has 1 N–H and O–H groups in total. The highest BCUT2D eigenvalue weighted by molar-refractivity contribution is 6.02. The van der Waals surface area contributed by atoms with E-state index in [1.165, 1.54) is 0 Å². The highest BCUT2D eigenvalue weighted by Crippen LogP contribution is 2.64. The van der Waals surface area contributed by atoms with Crippen molar-refractivity contribution in [3.8, 4) is 0 Å². The minimum atomic E-state index is -0.517. The molecule has 3 aliphatic rings. The van der Waals surface area contributed by atoms with Crippen LogP contribution in [0.4, 0.5) is 0 Å². The Morgan fingerprint density at radius 3 is 2.89 bits per heavy atom. The summed E-state index contributed by atoms with van der Waals surface area (Å²) < 4.78 is 0. The van der Waals surface area contributed by atoms with Crippen molar-refractivity contribution in [1.29, 1.82) is 0 Å². The summed E-state index contributed by atoms with van der Waals surface area (Å²) >= 11 is 0. The van der Waals surface area contributed by atoms with E-state index in [0.29, 0.717) is 11.8 Å². The van der Waals surface area contributed by atoms with Gasteiger partial charge in [0.15, 0.2) is 5.78 Å². The van der Waals surface area contributed by atoms with Crippen molar-refractivity contribution in [3.63, 3.8) is 0 Å². The van der Waals surface area contributed by atoms with Crippen LogP contribution in [0, 0.1) is 23.2 Å². The van der Waals surface area contributed by atoms with Crippen LogP contribution in [0.3, 0.4) is 0 Å². The van der Waals surface area contributed by atoms with Gasteiger partial charge in [0, 0.05) is 16.9 Å². The number of carbonyl (C=O) groups excluding carboxylic acids is 1. The van der Waals surface area contributed by atoms with Crippen molar-refractivity contribution >= 4 is 5.78 Å². The van der Waals surface area contributed by atoms with E-state index in [9.17, 15) is 9.90 Å². The molecule has 1 unspecified atom stereocenters. The first-order valence-electron chi connectivity index (χ1n) is 6.63. The van der Waals surface area contributed by atoms with E-state index in [1.807, 2.05) is 24.3 Å². The maximum absolute atomic E-state index is 12.7. The summed E-state index contributed by atoms with van der Waals surface area (Å²) in [7, 11) is 0. The number of fused-ring (bicyclic) bond motifs is 6. The van der Waals surface area contributed by atoms with Gasteiger partial charge >= 0.3 is 0 Å². The molecule has 0 heterocycles. The van der Waals surface area contributed by atoms with Crippen LogP contribution >= 0.6 is 0 Å². The highest BCUT2D eigenvalue weighted by Gasteiger charge is 2.62. The zero-order valence-electron chi connectivity index (χ0n) is 10.3. The standard InChI is InChI=1S/C16H16O2/c1-16-10-7-6-9(8-10)13(16)14(17)11-4-2-3-5-12(11)15(16)18/h2-7,9-10,13,15,18H,8H2,1H3/t9-,10+,13+,15?,16+/m0/s1. The van der Waals surface area contributed by atoms with Crippen LogP contribution in [-0.2, 0) is 0 Å². The fourth-order valence-electron chi connectivity index (χ4n) is 4.44. The van der Waals surface area contributed by atoms with Gasteiger partial charge in [0.2, 0.25) is 0 Å². The molecule has 0 radical (unpaired) electrons. The van der Waals surface area contributed by atoms with Crippen LogP contribution in [0.15, 0.2) is 36.4 Å². The second-order valence-corrected chi connectivity index (χ2v) is 6.09. The minimum Gasteiger partial charge on any atom is -0.388 e. The summed E-state index contributed by atoms with van der Waals surface area (Å²) in [6, 6.07) is 7.54. The Balaban J connectivity index is 1.97. The first-order chi connectivity index (χ1) is 8.64. The molecule has 18 heavy (non-hydrogen) atoms. The smallest absolute Gasteiger partial charge is 0.167 e. The Morgan fingerprint density at radius 1 is 1.28 bits per heavy atom. The topological polar surface area (TPSA) is 37.3 Å². The molecule has 1 saturated carbocycles. The fourth-order valence-corrected chi connectivity index (χ4v) is 4.44. The van der Waals surface area contributed by atoms with Crippen molar-refractivity contribution in [2.45, 2.75) is 19.4 Å². The van der Waals surface area contributed by atoms with Crippen LogP contribution in [0.5, 0.6) is 0 Å². The van der Waals surface area contributed by atoms with Crippen molar-refractivity contribution in [3.05, 3.63) is 47.5 Å². The average Bonchev–Trinajstić information content (AvgIpc) is 2.96. The first kappa shape index (κ1) is 10.5. The summed E-state index contributed by atoms with van der Waals surface area (Å²) in [6.45, 7) is 2.09. The number of ketones is 1. The van der Waals surface area contributed by atoms with Gasteiger partial charge in [0.1, 0.15) is 0 Å². The van der Waals surface area contributed by atoms with Crippen molar-refractivity contribution in [2.24, 2.45) is 23.2 Å². The molecule has 2 bridgehead atoms. The van der Waals surface area contributed by atoms with Gasteiger partial charge in [0.05, 0.1) is 6.10 Å². The van der Waals surface area contributed by atoms with E-state index in [-0.39, 0.29) is 17.1 Å². The molecule has 0 spiro atoms. The third kappa shape index (κ3) is 0.974. The van der Waals surface area contributed by atoms with Crippen LogP contribution in [0.25, 0.3) is 0 Å². The Labute approximate surface area is 106 Å². The molecule has 1 fully saturated rings. The van der Waals surface area contributed by atoms with Gasteiger partial charge in [-0.05, 0) is 23.8 Å². The van der Waals surface area contributed by atoms with Crippen molar-refractivity contribution < 1.29 is 9.90 Å². The number of benzene rings is 1. The number of aliphatic hydroxyl groups excluding tert-OH is 1. The molecule has 0 saturated heterocycles. The monoisotopic (exact) mass is 240 g/mol. The summed E-state index contributed by atoms with van der Waals surface area (Å²) in [5, 5.41) is 10.7. The van der Waals surface area contributed by atoms with E-state index in [4.69, 9.17) is 0 Å². The lowest BCUT2D eigenvalue weighted by Crippen LogP contribution is -2.45. The van der Waals surface area contributed by atoms with Crippen LogP contribution in [-0.4, -0.2) is 10.9 Å². The van der Waals surface area contributed by atoms with Crippen LogP contribution < -0.4 is 0 Å². The fraction of sp³-hybridized carbons (Fsp3) is 0.438. The molecular weight excluding hydrogens is 224 g/mol. The zero-order valence-corrected chi connectivity index (χ0v) is 10.3. The van der Waals surface area contributed by atoms with E-state index < -0.39 is 6.10 Å². The van der Waals surface area contributed by atoms with Gasteiger partial charge in [-0.15, -0.1) is 0 Å². The predicted octanol–water partition coefficient (Wildman–Crippen LogP) is 2.74. The third-order valence-corrected chi connectivity index (χ3v) is 5.41. The average molecular weight is 240 g/mol. The summed E-state index contributed by atoms with van der Waals surface area (Å²) in [5.74, 6) is 0.878. The molecule has 0 amide bonds. The molecule has 0 aromatic heterocycles. The minimum absolute atomic E-state index is 0.0302. The zero-order chi connectivity index (χ0) is 12.5. The van der Waals surface area contributed by atoms with Gasteiger partial charge in [-0.1, -0.05) is 43.3 Å². The van der Waals surface area contributed by atoms with E-state index >= 15 is 0 Å². The molecule has 5 atom stereocenters. The van der Waals surface area contributed by atoms with Crippen molar-refractivity contribution in [2.75, 3.05) is 0 Å². The Kier molecular flexibility index (Phi) is 1.82. The Bertz CT molecular complexity index is 574. The molecular formula is C16H16O2. The summed E-state index contributed by atoms with van der Waals surface area (Å²) in [6.07, 6.45) is 4.88. The third-order valence-electron chi connectivity index (χ3n) is 5.41. The highest BCUT2D eigenvalue weighted by atomic mass is 16.3. The van der Waals surface area contributed by atoms with E-state index in [2.05, 4.69) is 19.1 Å². The van der Waals surface area contributed by atoms with E-state index in [1.54, 1.807) is 0 Å². The normalized spacial score (nSPS) is 44.0. The van der Waals surface area contributed by atoms with Gasteiger partial charge in [-0.25, -0.2) is 0 Å². The second kappa shape index (κ2) is 3.12.